The van der Waals surface area contributed by atoms with Crippen molar-refractivity contribution in [1.82, 2.24) is 0 Å². The first-order valence-electron chi connectivity index (χ1n) is 4.72. The molecule has 1 aliphatic heterocycles. The van der Waals surface area contributed by atoms with Crippen molar-refractivity contribution in [2.24, 2.45) is 11.8 Å². The highest BCUT2D eigenvalue weighted by atomic mass is 33.1. The summed E-state index contributed by atoms with van der Waals surface area (Å²) >= 11 is 0. The summed E-state index contributed by atoms with van der Waals surface area (Å²) in [4.78, 5) is 0. The van der Waals surface area contributed by atoms with E-state index in [1.54, 1.807) is 7.11 Å². The first-order valence-corrected chi connectivity index (χ1v) is 7.21. The van der Waals surface area contributed by atoms with Gasteiger partial charge >= 0.3 is 0 Å². The molecule has 0 radical (unpaired) electrons. The van der Waals surface area contributed by atoms with E-state index in [-0.39, 0.29) is 6.10 Å². The fourth-order valence-corrected chi connectivity index (χ4v) is 5.18. The van der Waals surface area contributed by atoms with Gasteiger partial charge in [0.25, 0.3) is 0 Å². The lowest BCUT2D eigenvalue weighted by Gasteiger charge is -2.39. The van der Waals surface area contributed by atoms with Gasteiger partial charge in [-0.25, -0.2) is 4.39 Å². The molecule has 2 rings (SSSR count). The number of fused-ring (bicyclic) bond motifs is 1. The van der Waals surface area contributed by atoms with Crippen molar-refractivity contribution in [2.75, 3.05) is 18.6 Å². The van der Waals surface area contributed by atoms with Gasteiger partial charge in [0.15, 0.2) is 0 Å². The molecule has 2 aliphatic rings. The third kappa shape index (κ3) is 2.16. The Bertz CT molecular complexity index is 179. The van der Waals surface area contributed by atoms with Gasteiger partial charge in [0.1, 0.15) is 6.17 Å². The van der Waals surface area contributed by atoms with Crippen molar-refractivity contribution in [2.45, 2.75) is 25.1 Å². The summed E-state index contributed by atoms with van der Waals surface area (Å²) in [6.45, 7) is 0. The fraction of sp³-hybridized carbons (Fsp3) is 1.00. The van der Waals surface area contributed by atoms with Crippen molar-refractivity contribution in [3.63, 3.8) is 0 Å². The molecule has 0 N–H and O–H groups in total. The molecule has 2 fully saturated rings. The van der Waals surface area contributed by atoms with Gasteiger partial charge < -0.3 is 4.74 Å². The van der Waals surface area contributed by atoms with Crippen LogP contribution < -0.4 is 0 Å². The molecule has 1 nitrogen and oxygen atoms in total. The summed E-state index contributed by atoms with van der Waals surface area (Å²) in [7, 11) is 5.46. The van der Waals surface area contributed by atoms with Gasteiger partial charge in [0.2, 0.25) is 0 Å². The normalized spacial score (nSPS) is 45.7. The molecule has 1 saturated heterocycles. The second-order valence-electron chi connectivity index (χ2n) is 3.85. The molecule has 13 heavy (non-hydrogen) atoms. The number of alkyl halides is 1. The molecule has 0 amide bonds. The minimum absolute atomic E-state index is 0.134. The van der Waals surface area contributed by atoms with Crippen LogP contribution >= 0.6 is 21.6 Å². The minimum atomic E-state index is -0.727. The van der Waals surface area contributed by atoms with E-state index in [4.69, 9.17) is 4.74 Å². The number of halogens is 1. The summed E-state index contributed by atoms with van der Waals surface area (Å²) in [5.74, 6) is 3.62. The van der Waals surface area contributed by atoms with Crippen LogP contribution in [-0.4, -0.2) is 30.9 Å². The maximum atomic E-state index is 13.5. The van der Waals surface area contributed by atoms with Gasteiger partial charge in [-0.3, -0.25) is 0 Å². The number of ether oxygens (including phenoxy) is 1. The Balaban J connectivity index is 1.97. The van der Waals surface area contributed by atoms with E-state index < -0.39 is 6.17 Å². The maximum absolute atomic E-state index is 13.5. The monoisotopic (exact) mass is 222 g/mol. The van der Waals surface area contributed by atoms with Crippen molar-refractivity contribution in [3.8, 4) is 0 Å². The van der Waals surface area contributed by atoms with E-state index in [9.17, 15) is 4.39 Å². The number of hydrogen-bond donors (Lipinski definition) is 0. The lowest BCUT2D eigenvalue weighted by atomic mass is 9.79. The van der Waals surface area contributed by atoms with Gasteiger partial charge in [0.05, 0.1) is 6.10 Å². The third-order valence-electron chi connectivity index (χ3n) is 3.08. The van der Waals surface area contributed by atoms with Crippen LogP contribution in [0.5, 0.6) is 0 Å². The van der Waals surface area contributed by atoms with Crippen molar-refractivity contribution < 1.29 is 9.13 Å². The summed E-state index contributed by atoms with van der Waals surface area (Å²) in [6.07, 6.45) is 0.784. The van der Waals surface area contributed by atoms with Crippen molar-refractivity contribution in [3.05, 3.63) is 0 Å². The van der Waals surface area contributed by atoms with Crippen LogP contribution in [0.25, 0.3) is 0 Å². The highest BCUT2D eigenvalue weighted by Gasteiger charge is 2.38. The second kappa shape index (κ2) is 4.41. The van der Waals surface area contributed by atoms with Gasteiger partial charge in [-0.1, -0.05) is 21.6 Å². The van der Waals surface area contributed by atoms with Gasteiger partial charge in [-0.05, 0) is 24.7 Å². The third-order valence-corrected chi connectivity index (χ3v) is 5.70. The molecule has 0 bridgehead atoms. The maximum Gasteiger partial charge on any atom is 0.126 e. The van der Waals surface area contributed by atoms with Crippen LogP contribution in [0.4, 0.5) is 4.39 Å². The smallest absolute Gasteiger partial charge is 0.126 e. The van der Waals surface area contributed by atoms with E-state index in [1.165, 1.54) is 5.75 Å². The first kappa shape index (κ1) is 10.1. The Morgan fingerprint density at radius 2 is 1.77 bits per heavy atom. The largest absolute Gasteiger partial charge is 0.378 e. The van der Waals surface area contributed by atoms with E-state index >= 15 is 0 Å². The lowest BCUT2D eigenvalue weighted by Crippen LogP contribution is -2.40. The molecule has 4 heteroatoms. The van der Waals surface area contributed by atoms with Crippen LogP contribution in [-0.2, 0) is 4.74 Å². The molecule has 0 spiro atoms. The first-order chi connectivity index (χ1) is 6.31. The van der Waals surface area contributed by atoms with Gasteiger partial charge in [0, 0.05) is 18.6 Å². The Hall–Kier alpha value is 0.590. The molecule has 1 heterocycles. The predicted molar refractivity (Wildman–Crippen MR) is 56.8 cm³/mol. The molecular formula is C9H15FOS2. The van der Waals surface area contributed by atoms with Gasteiger partial charge in [-0.15, -0.1) is 0 Å². The molecule has 1 saturated carbocycles. The van der Waals surface area contributed by atoms with Crippen LogP contribution in [0.15, 0.2) is 0 Å². The van der Waals surface area contributed by atoms with Crippen LogP contribution in [0.3, 0.4) is 0 Å². The molecule has 0 aromatic carbocycles. The summed E-state index contributed by atoms with van der Waals surface area (Å²) in [5.41, 5.74) is 0. The number of rotatable bonds is 1. The number of hydrogen-bond acceptors (Lipinski definition) is 3. The van der Waals surface area contributed by atoms with Gasteiger partial charge in [-0.2, -0.15) is 0 Å². The topological polar surface area (TPSA) is 9.23 Å². The molecule has 76 valence electrons. The van der Waals surface area contributed by atoms with Crippen LogP contribution in [0.2, 0.25) is 0 Å². The zero-order chi connectivity index (χ0) is 9.26. The minimum Gasteiger partial charge on any atom is -0.378 e. The highest BCUT2D eigenvalue weighted by Crippen LogP contribution is 2.44. The van der Waals surface area contributed by atoms with E-state index in [2.05, 4.69) is 0 Å². The summed E-state index contributed by atoms with van der Waals surface area (Å²) in [5, 5.41) is 0. The average Bonchev–Trinajstić information content (AvgIpc) is 2.17. The van der Waals surface area contributed by atoms with Crippen molar-refractivity contribution in [1.29, 1.82) is 0 Å². The average molecular weight is 222 g/mol. The zero-order valence-electron chi connectivity index (χ0n) is 7.74. The fourth-order valence-electron chi connectivity index (χ4n) is 2.20. The number of methoxy groups -OCH3 is 1. The summed E-state index contributed by atoms with van der Waals surface area (Å²) < 4.78 is 18.6. The van der Waals surface area contributed by atoms with Crippen LogP contribution in [0.1, 0.15) is 12.8 Å². The Morgan fingerprint density at radius 3 is 2.38 bits per heavy atom. The standard InChI is InChI=1S/C9H15FOS2/c1-11-9-3-7-5-13-12-4-6(7)2-8(9)10/h6-9H,2-5H2,1H3/t6-,7-,8+,9+/m0/s1. The Morgan fingerprint density at radius 1 is 1.15 bits per heavy atom. The second-order valence-corrected chi connectivity index (χ2v) is 6.40. The highest BCUT2D eigenvalue weighted by molar-refractivity contribution is 8.76. The van der Waals surface area contributed by atoms with Crippen LogP contribution in [0, 0.1) is 11.8 Å². The van der Waals surface area contributed by atoms with Crippen molar-refractivity contribution >= 4 is 21.6 Å². The zero-order valence-corrected chi connectivity index (χ0v) is 9.37. The molecule has 4 atom stereocenters. The quantitative estimate of drug-likeness (QED) is 0.631. The molecule has 1 aliphatic carbocycles. The molecule has 0 aromatic heterocycles. The Kier molecular flexibility index (Phi) is 3.43. The van der Waals surface area contributed by atoms with E-state index in [0.29, 0.717) is 11.8 Å². The van der Waals surface area contributed by atoms with E-state index in [0.717, 1.165) is 18.6 Å². The SMILES string of the molecule is CO[C@@H]1C[C@H]2CSSC[C@@H]2C[C@H]1F. The Labute approximate surface area is 86.6 Å². The molecule has 0 aromatic rings. The molecular weight excluding hydrogens is 207 g/mol. The predicted octanol–water partition coefficient (Wildman–Crippen LogP) is 2.76. The molecule has 0 unspecified atom stereocenters. The lowest BCUT2D eigenvalue weighted by molar-refractivity contribution is -0.0240. The summed E-state index contributed by atoms with van der Waals surface area (Å²) in [6, 6.07) is 0. The van der Waals surface area contributed by atoms with E-state index in [1.807, 2.05) is 21.6 Å².